The number of rotatable bonds is 4. The summed E-state index contributed by atoms with van der Waals surface area (Å²) in [6.07, 6.45) is 12.5. The maximum atomic E-state index is 5.72. The van der Waals surface area contributed by atoms with Crippen molar-refractivity contribution in [3.05, 3.63) is 41.7 Å². The average Bonchev–Trinajstić information content (AvgIpc) is 3.18. The fourth-order valence-corrected chi connectivity index (χ4v) is 3.63. The van der Waals surface area contributed by atoms with Gasteiger partial charge in [-0.2, -0.15) is 4.98 Å². The third kappa shape index (κ3) is 2.97. The Kier molecular flexibility index (Phi) is 3.90. The molecule has 1 atom stereocenters. The Labute approximate surface area is 148 Å². The Bertz CT molecular complexity index is 844. The van der Waals surface area contributed by atoms with Crippen LogP contribution in [0.3, 0.4) is 0 Å². The minimum atomic E-state index is -0.200. The molecule has 1 unspecified atom stereocenters. The lowest BCUT2D eigenvalue weighted by Gasteiger charge is -2.28. The van der Waals surface area contributed by atoms with Crippen LogP contribution in [-0.4, -0.2) is 27.1 Å². The average molecular weight is 339 g/mol. The standard InChI is InChI=1S/C19H25N5O/c1-13-17(24-11-5-4-6-16(24)21-13)15-12-25-18(22-15)23-19(2)9-7-14(20-3)8-10-19/h7-9,12,20H,4-6,10-11H2,1-3H3,(H,22,23). The molecule has 0 spiro atoms. The summed E-state index contributed by atoms with van der Waals surface area (Å²) in [5.41, 5.74) is 3.91. The summed E-state index contributed by atoms with van der Waals surface area (Å²) in [6, 6.07) is 0.550. The van der Waals surface area contributed by atoms with E-state index in [2.05, 4.69) is 47.3 Å². The second kappa shape index (κ2) is 6.10. The van der Waals surface area contributed by atoms with E-state index in [1.807, 2.05) is 7.05 Å². The van der Waals surface area contributed by atoms with Gasteiger partial charge in [-0.25, -0.2) is 4.98 Å². The van der Waals surface area contributed by atoms with Crippen LogP contribution in [-0.2, 0) is 13.0 Å². The highest BCUT2D eigenvalue weighted by atomic mass is 16.4. The molecule has 6 nitrogen and oxygen atoms in total. The van der Waals surface area contributed by atoms with Gasteiger partial charge in [0.15, 0.2) is 0 Å². The molecule has 2 aliphatic rings. The summed E-state index contributed by atoms with van der Waals surface area (Å²) in [7, 11) is 1.93. The van der Waals surface area contributed by atoms with Crippen molar-refractivity contribution in [3.63, 3.8) is 0 Å². The second-order valence-corrected chi connectivity index (χ2v) is 7.10. The van der Waals surface area contributed by atoms with Gasteiger partial charge in [-0.3, -0.25) is 0 Å². The topological polar surface area (TPSA) is 67.9 Å². The smallest absolute Gasteiger partial charge is 0.295 e. The van der Waals surface area contributed by atoms with E-state index in [1.54, 1.807) is 6.26 Å². The molecule has 2 N–H and O–H groups in total. The fourth-order valence-electron chi connectivity index (χ4n) is 3.63. The lowest BCUT2D eigenvalue weighted by molar-refractivity contribution is 0.524. The maximum Gasteiger partial charge on any atom is 0.295 e. The highest BCUT2D eigenvalue weighted by molar-refractivity contribution is 5.59. The summed E-state index contributed by atoms with van der Waals surface area (Å²) < 4.78 is 8.02. The normalized spacial score (nSPS) is 22.4. The number of imidazole rings is 1. The predicted molar refractivity (Wildman–Crippen MR) is 98.3 cm³/mol. The zero-order chi connectivity index (χ0) is 17.4. The molecule has 0 amide bonds. The largest absolute Gasteiger partial charge is 0.431 e. The molecule has 1 aliphatic heterocycles. The summed E-state index contributed by atoms with van der Waals surface area (Å²) in [6.45, 7) is 5.21. The zero-order valence-corrected chi connectivity index (χ0v) is 15.1. The highest BCUT2D eigenvalue weighted by Gasteiger charge is 2.26. The van der Waals surface area contributed by atoms with E-state index < -0.39 is 0 Å². The van der Waals surface area contributed by atoms with Crippen LogP contribution in [0, 0.1) is 6.92 Å². The Morgan fingerprint density at radius 3 is 2.92 bits per heavy atom. The van der Waals surface area contributed by atoms with E-state index in [9.17, 15) is 0 Å². The van der Waals surface area contributed by atoms with Gasteiger partial charge < -0.3 is 19.6 Å². The van der Waals surface area contributed by atoms with Crippen molar-refractivity contribution in [1.82, 2.24) is 19.9 Å². The molecule has 1 aliphatic carbocycles. The van der Waals surface area contributed by atoms with Gasteiger partial charge in [0.2, 0.25) is 0 Å². The first kappa shape index (κ1) is 16.0. The molecule has 0 fully saturated rings. The van der Waals surface area contributed by atoms with Gasteiger partial charge in [-0.1, -0.05) is 12.2 Å². The van der Waals surface area contributed by atoms with Crippen LogP contribution in [0.1, 0.15) is 37.7 Å². The monoisotopic (exact) mass is 339 g/mol. The summed E-state index contributed by atoms with van der Waals surface area (Å²) in [5, 5.41) is 6.58. The molecule has 0 saturated carbocycles. The molecule has 132 valence electrons. The minimum Gasteiger partial charge on any atom is -0.431 e. The number of hydrogen-bond donors (Lipinski definition) is 2. The highest BCUT2D eigenvalue weighted by Crippen LogP contribution is 2.30. The van der Waals surface area contributed by atoms with Crippen LogP contribution in [0.4, 0.5) is 6.01 Å². The zero-order valence-electron chi connectivity index (χ0n) is 15.1. The number of fused-ring (bicyclic) bond motifs is 1. The Balaban J connectivity index is 1.57. The van der Waals surface area contributed by atoms with Crippen molar-refractivity contribution in [2.75, 3.05) is 12.4 Å². The summed E-state index contributed by atoms with van der Waals surface area (Å²) >= 11 is 0. The van der Waals surface area contributed by atoms with Crippen LogP contribution >= 0.6 is 0 Å². The van der Waals surface area contributed by atoms with Crippen molar-refractivity contribution in [3.8, 4) is 11.4 Å². The first-order valence-electron chi connectivity index (χ1n) is 8.95. The van der Waals surface area contributed by atoms with E-state index >= 15 is 0 Å². The molecule has 2 aromatic heterocycles. The molecule has 6 heteroatoms. The number of allylic oxidation sites excluding steroid dienone is 1. The lowest BCUT2D eigenvalue weighted by atomic mass is 9.92. The number of hydrogen-bond acceptors (Lipinski definition) is 5. The van der Waals surface area contributed by atoms with Crippen LogP contribution < -0.4 is 10.6 Å². The van der Waals surface area contributed by atoms with Crippen molar-refractivity contribution in [2.24, 2.45) is 0 Å². The van der Waals surface area contributed by atoms with Gasteiger partial charge in [0.1, 0.15) is 17.8 Å². The van der Waals surface area contributed by atoms with Crippen molar-refractivity contribution in [1.29, 1.82) is 0 Å². The van der Waals surface area contributed by atoms with Crippen molar-refractivity contribution < 1.29 is 4.42 Å². The molecular weight excluding hydrogens is 314 g/mol. The number of likely N-dealkylation sites (N-methyl/N-ethyl adjacent to an activating group) is 1. The Morgan fingerprint density at radius 2 is 2.16 bits per heavy atom. The SMILES string of the molecule is CNC1=CCC(C)(Nc2nc(-c3c(C)nc4n3CCCC4)co2)C=C1. The van der Waals surface area contributed by atoms with Gasteiger partial charge in [-0.05, 0) is 39.2 Å². The maximum absolute atomic E-state index is 5.72. The van der Waals surface area contributed by atoms with Gasteiger partial charge in [0.05, 0.1) is 16.9 Å². The molecule has 0 aromatic carbocycles. The number of nitrogens with one attached hydrogen (secondary N) is 2. The van der Waals surface area contributed by atoms with E-state index in [0.29, 0.717) is 6.01 Å². The molecule has 4 rings (SSSR count). The molecule has 2 aromatic rings. The van der Waals surface area contributed by atoms with E-state index in [-0.39, 0.29) is 5.54 Å². The Hall–Kier alpha value is -2.50. The van der Waals surface area contributed by atoms with E-state index in [1.165, 1.54) is 18.7 Å². The third-order valence-electron chi connectivity index (χ3n) is 5.06. The first-order valence-corrected chi connectivity index (χ1v) is 8.95. The summed E-state index contributed by atoms with van der Waals surface area (Å²) in [5.74, 6) is 1.17. The molecule has 0 bridgehead atoms. The molecule has 3 heterocycles. The molecule has 0 radical (unpaired) electrons. The van der Waals surface area contributed by atoms with Crippen LogP contribution in [0.25, 0.3) is 11.4 Å². The van der Waals surface area contributed by atoms with E-state index in [0.717, 1.165) is 42.2 Å². The molecular formula is C19H25N5O. The predicted octanol–water partition coefficient (Wildman–Crippen LogP) is 3.42. The van der Waals surface area contributed by atoms with Crippen LogP contribution in [0.5, 0.6) is 0 Å². The van der Waals surface area contributed by atoms with Gasteiger partial charge in [0, 0.05) is 25.7 Å². The fraction of sp³-hybridized carbons (Fsp3) is 0.474. The second-order valence-electron chi connectivity index (χ2n) is 7.10. The molecule has 25 heavy (non-hydrogen) atoms. The van der Waals surface area contributed by atoms with Gasteiger partial charge in [-0.15, -0.1) is 0 Å². The van der Waals surface area contributed by atoms with Crippen LogP contribution in [0.15, 0.2) is 34.6 Å². The minimum absolute atomic E-state index is 0.200. The number of oxazole rings is 1. The first-order chi connectivity index (χ1) is 12.1. The number of nitrogens with zero attached hydrogens (tertiary/aromatic N) is 3. The quantitative estimate of drug-likeness (QED) is 0.893. The third-order valence-corrected chi connectivity index (χ3v) is 5.06. The number of aromatic nitrogens is 3. The van der Waals surface area contributed by atoms with Crippen molar-refractivity contribution >= 4 is 6.01 Å². The lowest BCUT2D eigenvalue weighted by Crippen LogP contribution is -2.34. The van der Waals surface area contributed by atoms with Gasteiger partial charge in [0.25, 0.3) is 6.01 Å². The molecule has 0 saturated heterocycles. The van der Waals surface area contributed by atoms with Gasteiger partial charge >= 0.3 is 0 Å². The number of aryl methyl sites for hydroxylation is 2. The number of anilines is 1. The van der Waals surface area contributed by atoms with Crippen molar-refractivity contribution in [2.45, 2.75) is 51.6 Å². The Morgan fingerprint density at radius 1 is 1.28 bits per heavy atom. The summed E-state index contributed by atoms with van der Waals surface area (Å²) in [4.78, 5) is 9.41. The van der Waals surface area contributed by atoms with E-state index in [4.69, 9.17) is 14.4 Å². The van der Waals surface area contributed by atoms with Crippen LogP contribution in [0.2, 0.25) is 0 Å².